The van der Waals surface area contributed by atoms with Crippen LogP contribution in [0.5, 0.6) is 0 Å². The van der Waals surface area contributed by atoms with Gasteiger partial charge in [0.15, 0.2) is 5.78 Å². The summed E-state index contributed by atoms with van der Waals surface area (Å²) in [4.78, 5) is 32.9. The molecule has 2 aromatic carbocycles. The fourth-order valence-corrected chi connectivity index (χ4v) is 5.22. The van der Waals surface area contributed by atoms with Crippen LogP contribution >= 0.6 is 0 Å². The molecule has 4 aromatic rings. The van der Waals surface area contributed by atoms with Crippen molar-refractivity contribution >= 4 is 22.7 Å². The number of ketones is 1. The highest BCUT2D eigenvalue weighted by atomic mass is 19.4. The molecule has 2 N–H and O–H groups in total. The number of hydrogen-bond donors (Lipinski definition) is 2. The Balaban J connectivity index is 2.02. The van der Waals surface area contributed by atoms with E-state index in [1.54, 1.807) is 50.2 Å². The number of carbonyl (C=O) groups is 2. The van der Waals surface area contributed by atoms with E-state index in [0.29, 0.717) is 28.6 Å². The predicted molar refractivity (Wildman–Crippen MR) is 136 cm³/mol. The number of hydrogen-bond acceptors (Lipinski definition) is 3. The fraction of sp³-hybridized carbons (Fsp3) is 0.310. The van der Waals surface area contributed by atoms with Crippen molar-refractivity contribution in [3.05, 3.63) is 94.9 Å². The lowest BCUT2D eigenvalue weighted by atomic mass is 9.63. The summed E-state index contributed by atoms with van der Waals surface area (Å²) < 4.78 is 87.5. The lowest BCUT2D eigenvalue weighted by molar-refractivity contribution is -0.144. The van der Waals surface area contributed by atoms with E-state index in [0.717, 1.165) is 0 Å². The van der Waals surface area contributed by atoms with Crippen LogP contribution < -0.4 is 0 Å². The third-order valence-corrected chi connectivity index (χ3v) is 7.07. The Labute approximate surface area is 225 Å². The second-order valence-electron chi connectivity index (χ2n) is 9.51. The zero-order valence-corrected chi connectivity index (χ0v) is 21.5. The van der Waals surface area contributed by atoms with Crippen molar-refractivity contribution in [3.8, 4) is 0 Å². The van der Waals surface area contributed by atoms with Gasteiger partial charge in [-0.1, -0.05) is 25.1 Å². The number of alkyl halides is 6. The summed E-state index contributed by atoms with van der Waals surface area (Å²) in [7, 11) is 0. The molecule has 0 amide bonds. The average Bonchev–Trinajstić information content (AvgIpc) is 3.58. The van der Waals surface area contributed by atoms with Gasteiger partial charge in [-0.25, -0.2) is 0 Å². The minimum atomic E-state index is -5.14. The van der Waals surface area contributed by atoms with Gasteiger partial charge in [0.2, 0.25) is 0 Å². The van der Waals surface area contributed by atoms with Crippen molar-refractivity contribution in [1.29, 1.82) is 0 Å². The van der Waals surface area contributed by atoms with Crippen molar-refractivity contribution in [2.45, 2.75) is 44.5 Å². The molecule has 0 radical (unpaired) electrons. The predicted octanol–water partition coefficient (Wildman–Crippen LogP) is 7.68. The second kappa shape index (κ2) is 10.9. The highest BCUT2D eigenvalue weighted by Gasteiger charge is 2.50. The molecule has 5 nitrogen and oxygen atoms in total. The van der Waals surface area contributed by atoms with Crippen LogP contribution in [0.2, 0.25) is 0 Å². The first-order chi connectivity index (χ1) is 18.8. The number of aromatic amines is 2. The molecule has 0 bridgehead atoms. The number of carbonyl (C=O) groups excluding carboxylic acids is 2. The van der Waals surface area contributed by atoms with Gasteiger partial charge in [-0.3, -0.25) is 9.59 Å². The Morgan fingerprint density at radius 1 is 0.900 bits per heavy atom. The van der Waals surface area contributed by atoms with E-state index >= 15 is 0 Å². The van der Waals surface area contributed by atoms with E-state index in [-0.39, 0.29) is 31.2 Å². The summed E-state index contributed by atoms with van der Waals surface area (Å²) in [6, 6.07) is 10.9. The lowest BCUT2D eigenvalue weighted by Crippen LogP contribution is -2.44. The molecule has 212 valence electrons. The van der Waals surface area contributed by atoms with Crippen LogP contribution in [0, 0.1) is 5.92 Å². The highest BCUT2D eigenvalue weighted by Crippen LogP contribution is 2.47. The maximum Gasteiger partial charge on any atom is 0.416 e. The third kappa shape index (κ3) is 5.37. The van der Waals surface area contributed by atoms with Crippen molar-refractivity contribution < 1.29 is 40.7 Å². The molecule has 2 heterocycles. The molecule has 2 atom stereocenters. The van der Waals surface area contributed by atoms with Crippen molar-refractivity contribution in [1.82, 2.24) is 9.97 Å². The number of Topliss-reactive ketones (excluding diaryl/α,β-unsaturated/α-hetero) is 1. The highest BCUT2D eigenvalue weighted by molar-refractivity contribution is 6.09. The molecule has 0 saturated carbocycles. The quantitative estimate of drug-likeness (QED) is 0.124. The van der Waals surface area contributed by atoms with Crippen LogP contribution in [-0.2, 0) is 27.3 Å². The van der Waals surface area contributed by atoms with Crippen molar-refractivity contribution in [2.75, 3.05) is 6.61 Å². The van der Waals surface area contributed by atoms with Crippen LogP contribution in [0.3, 0.4) is 0 Å². The molecule has 2 unspecified atom stereocenters. The van der Waals surface area contributed by atoms with Gasteiger partial charge in [-0.05, 0) is 61.2 Å². The number of nitrogens with one attached hydrogen (secondary N) is 2. The van der Waals surface area contributed by atoms with E-state index in [2.05, 4.69) is 9.97 Å². The summed E-state index contributed by atoms with van der Waals surface area (Å²) in [6.07, 6.45) is -7.30. The number of aromatic nitrogens is 2. The maximum atomic E-state index is 14.6. The largest absolute Gasteiger partial charge is 0.466 e. The molecular formula is C29H26F6N2O3. The standard InChI is InChI=1S/C29H26F6N2O3/c1-3-40-25(38)11-10-17(2)27(24-9-6-12-36-24,22-16-37-23-8-5-4-7-21(22)23)26(39)18-13-19(28(30,31)32)15-20(14-18)29(33,34)35/h4-9,12-17,36-37H,3,10-11H2,1-2H3. The topological polar surface area (TPSA) is 75.0 Å². The smallest absolute Gasteiger partial charge is 0.416 e. The van der Waals surface area contributed by atoms with E-state index < -0.39 is 52.1 Å². The van der Waals surface area contributed by atoms with Crippen LogP contribution in [0.15, 0.2) is 67.0 Å². The van der Waals surface area contributed by atoms with Gasteiger partial charge in [-0.2, -0.15) is 26.3 Å². The Kier molecular flexibility index (Phi) is 7.87. The molecule has 0 spiro atoms. The van der Waals surface area contributed by atoms with Gasteiger partial charge in [0.1, 0.15) is 5.41 Å². The third-order valence-electron chi connectivity index (χ3n) is 7.07. The summed E-state index contributed by atoms with van der Waals surface area (Å²) in [5.41, 5.74) is -4.54. The number of benzene rings is 2. The molecule has 40 heavy (non-hydrogen) atoms. The molecule has 0 aliphatic heterocycles. The Morgan fingerprint density at radius 2 is 1.55 bits per heavy atom. The number of esters is 1. The van der Waals surface area contributed by atoms with Gasteiger partial charge in [0.25, 0.3) is 0 Å². The average molecular weight is 565 g/mol. The number of halogens is 6. The Bertz CT molecular complexity index is 1470. The van der Waals surface area contributed by atoms with E-state index in [9.17, 15) is 35.9 Å². The van der Waals surface area contributed by atoms with Gasteiger partial charge in [-0.15, -0.1) is 0 Å². The first kappa shape index (κ1) is 29.0. The van der Waals surface area contributed by atoms with Crippen LogP contribution in [0.1, 0.15) is 59.4 Å². The normalized spacial score (nSPS) is 14.6. The van der Waals surface area contributed by atoms with Gasteiger partial charge < -0.3 is 14.7 Å². The van der Waals surface area contributed by atoms with Crippen molar-refractivity contribution in [2.24, 2.45) is 5.92 Å². The summed E-state index contributed by atoms with van der Waals surface area (Å²) in [5, 5.41) is 0.552. The number of ether oxygens (including phenoxy) is 1. The molecule has 0 aliphatic carbocycles. The van der Waals surface area contributed by atoms with Crippen LogP contribution in [0.4, 0.5) is 26.3 Å². The van der Waals surface area contributed by atoms with E-state index in [1.807, 2.05) is 0 Å². The number of para-hydroxylation sites is 1. The summed E-state index contributed by atoms with van der Waals surface area (Å²) in [6.45, 7) is 3.39. The fourth-order valence-electron chi connectivity index (χ4n) is 5.22. The molecule has 0 aliphatic rings. The van der Waals surface area contributed by atoms with Gasteiger partial charge in [0.05, 0.1) is 17.7 Å². The minimum absolute atomic E-state index is 0.0109. The SMILES string of the molecule is CCOC(=O)CCC(C)C(C(=O)c1cc(C(F)(F)F)cc(C(F)(F)F)c1)(c1ccc[nH]1)c1c[nH]c2ccccc12. The molecule has 4 rings (SSSR count). The summed E-state index contributed by atoms with van der Waals surface area (Å²) >= 11 is 0. The van der Waals surface area contributed by atoms with E-state index in [4.69, 9.17) is 4.74 Å². The van der Waals surface area contributed by atoms with Gasteiger partial charge >= 0.3 is 18.3 Å². The van der Waals surface area contributed by atoms with Crippen LogP contribution in [0.25, 0.3) is 10.9 Å². The van der Waals surface area contributed by atoms with Crippen molar-refractivity contribution in [3.63, 3.8) is 0 Å². The first-order valence-corrected chi connectivity index (χ1v) is 12.5. The molecular weight excluding hydrogens is 538 g/mol. The Hall–Kier alpha value is -4.02. The zero-order valence-electron chi connectivity index (χ0n) is 21.5. The Morgan fingerprint density at radius 3 is 2.12 bits per heavy atom. The lowest BCUT2D eigenvalue weighted by Gasteiger charge is -2.38. The maximum absolute atomic E-state index is 14.6. The zero-order chi connectivity index (χ0) is 29.3. The first-order valence-electron chi connectivity index (χ1n) is 12.5. The number of fused-ring (bicyclic) bond motifs is 1. The molecule has 11 heteroatoms. The summed E-state index contributed by atoms with van der Waals surface area (Å²) in [5.74, 6) is -2.31. The van der Waals surface area contributed by atoms with E-state index in [1.165, 1.54) is 12.4 Å². The molecule has 2 aromatic heterocycles. The van der Waals surface area contributed by atoms with Gasteiger partial charge in [0, 0.05) is 41.0 Å². The molecule has 0 fully saturated rings. The second-order valence-corrected chi connectivity index (χ2v) is 9.51. The van der Waals surface area contributed by atoms with Crippen LogP contribution in [-0.4, -0.2) is 28.3 Å². The minimum Gasteiger partial charge on any atom is -0.466 e. The number of rotatable bonds is 9. The molecule has 0 saturated heterocycles. The number of H-pyrrole nitrogens is 2. The monoisotopic (exact) mass is 564 g/mol.